The molecule has 1 aromatic carbocycles. The van der Waals surface area contributed by atoms with Crippen LogP contribution in [0, 0.1) is 0 Å². The minimum Gasteiger partial charge on any atom is -0.507 e. The maximum absolute atomic E-state index is 12.2. The van der Waals surface area contributed by atoms with E-state index in [9.17, 15) is 19.5 Å². The fourth-order valence-electron chi connectivity index (χ4n) is 1.77. The Balaban J connectivity index is 2.33. The van der Waals surface area contributed by atoms with Gasteiger partial charge in [0.15, 0.2) is 5.78 Å². The van der Waals surface area contributed by atoms with Gasteiger partial charge < -0.3 is 10.2 Å². The standard InChI is InChI=1S/C13H9ClO5S/c14-6-1-2-7(15)12-11(6)8(16)5-9(13(12)19)20-4-3-10(17)18/h1-2,5,15H,3-4H2,(H,17,18). The summed E-state index contributed by atoms with van der Waals surface area (Å²) in [5.41, 5.74) is -0.137. The molecule has 0 spiro atoms. The van der Waals surface area contributed by atoms with Gasteiger partial charge in [-0.2, -0.15) is 0 Å². The lowest BCUT2D eigenvalue weighted by Crippen LogP contribution is -2.16. The van der Waals surface area contributed by atoms with Crippen LogP contribution in [0.4, 0.5) is 0 Å². The van der Waals surface area contributed by atoms with E-state index in [1.165, 1.54) is 12.1 Å². The number of thioether (sulfide) groups is 1. The number of allylic oxidation sites excluding steroid dienone is 2. The second-order valence-corrected chi connectivity index (χ2v) is 5.55. The van der Waals surface area contributed by atoms with Crippen LogP contribution in [-0.2, 0) is 4.79 Å². The summed E-state index contributed by atoms with van der Waals surface area (Å²) in [5.74, 6) is -2.13. The Labute approximate surface area is 123 Å². The van der Waals surface area contributed by atoms with Crippen LogP contribution in [0.5, 0.6) is 5.75 Å². The van der Waals surface area contributed by atoms with Crippen LogP contribution < -0.4 is 0 Å². The molecule has 0 atom stereocenters. The number of aromatic hydroxyl groups is 1. The number of carbonyl (C=O) groups excluding carboxylic acids is 2. The molecule has 0 saturated carbocycles. The summed E-state index contributed by atoms with van der Waals surface area (Å²) in [6.07, 6.45) is 1.00. The fraction of sp³-hybridized carbons (Fsp3) is 0.154. The highest BCUT2D eigenvalue weighted by atomic mass is 35.5. The minimum absolute atomic E-state index is 0.0146. The zero-order chi connectivity index (χ0) is 14.9. The predicted octanol–water partition coefficient (Wildman–Crippen LogP) is 2.52. The zero-order valence-electron chi connectivity index (χ0n) is 10.1. The number of hydrogen-bond donors (Lipinski definition) is 2. The van der Waals surface area contributed by atoms with E-state index in [4.69, 9.17) is 16.7 Å². The van der Waals surface area contributed by atoms with Gasteiger partial charge >= 0.3 is 5.97 Å². The van der Waals surface area contributed by atoms with Crippen molar-refractivity contribution in [3.05, 3.63) is 39.3 Å². The van der Waals surface area contributed by atoms with Gasteiger partial charge in [0.2, 0.25) is 5.78 Å². The summed E-state index contributed by atoms with van der Waals surface area (Å²) in [6.45, 7) is 0. The van der Waals surface area contributed by atoms with Crippen molar-refractivity contribution in [1.82, 2.24) is 0 Å². The number of Topliss-reactive ketones (excluding diaryl/α,β-unsaturated/α-hetero) is 1. The molecule has 20 heavy (non-hydrogen) atoms. The lowest BCUT2D eigenvalue weighted by molar-refractivity contribution is -0.136. The molecular weight excluding hydrogens is 304 g/mol. The van der Waals surface area contributed by atoms with Crippen molar-refractivity contribution in [2.75, 3.05) is 5.75 Å². The maximum Gasteiger partial charge on any atom is 0.304 e. The molecule has 1 aliphatic rings. The summed E-state index contributed by atoms with van der Waals surface area (Å²) in [6, 6.07) is 2.59. The fourth-order valence-corrected chi connectivity index (χ4v) is 2.94. The first kappa shape index (κ1) is 14.6. The number of carboxylic acids is 1. The van der Waals surface area contributed by atoms with Gasteiger partial charge in [0, 0.05) is 11.8 Å². The number of hydrogen-bond acceptors (Lipinski definition) is 5. The topological polar surface area (TPSA) is 91.7 Å². The Morgan fingerprint density at radius 3 is 2.60 bits per heavy atom. The number of aliphatic carboxylic acids is 1. The van der Waals surface area contributed by atoms with Gasteiger partial charge in [0.05, 0.1) is 27.5 Å². The number of rotatable bonds is 4. The number of phenolic OH excluding ortho intramolecular Hbond substituents is 1. The van der Waals surface area contributed by atoms with Crippen LogP contribution in [0.1, 0.15) is 27.1 Å². The molecule has 0 radical (unpaired) electrons. The van der Waals surface area contributed by atoms with Crippen LogP contribution >= 0.6 is 23.4 Å². The second-order valence-electron chi connectivity index (χ2n) is 4.01. The Morgan fingerprint density at radius 2 is 1.95 bits per heavy atom. The van der Waals surface area contributed by atoms with Gasteiger partial charge in [-0.1, -0.05) is 11.6 Å². The molecule has 2 N–H and O–H groups in total. The Kier molecular flexibility index (Phi) is 4.15. The van der Waals surface area contributed by atoms with E-state index in [1.807, 2.05) is 0 Å². The van der Waals surface area contributed by atoms with Crippen molar-refractivity contribution in [1.29, 1.82) is 0 Å². The molecule has 1 aromatic rings. The highest BCUT2D eigenvalue weighted by Crippen LogP contribution is 2.36. The van der Waals surface area contributed by atoms with E-state index >= 15 is 0 Å². The van der Waals surface area contributed by atoms with Crippen molar-refractivity contribution in [2.24, 2.45) is 0 Å². The summed E-state index contributed by atoms with van der Waals surface area (Å²) in [4.78, 5) is 34.7. The summed E-state index contributed by atoms with van der Waals surface area (Å²) < 4.78 is 0. The predicted molar refractivity (Wildman–Crippen MR) is 74.6 cm³/mol. The van der Waals surface area contributed by atoms with E-state index in [2.05, 4.69) is 0 Å². The molecule has 0 bridgehead atoms. The van der Waals surface area contributed by atoms with E-state index in [1.54, 1.807) is 0 Å². The van der Waals surface area contributed by atoms with Crippen molar-refractivity contribution in [2.45, 2.75) is 6.42 Å². The third-order valence-electron chi connectivity index (χ3n) is 2.67. The van der Waals surface area contributed by atoms with Crippen molar-refractivity contribution < 1.29 is 24.6 Å². The molecule has 0 aliphatic heterocycles. The van der Waals surface area contributed by atoms with Gasteiger partial charge in [-0.25, -0.2) is 0 Å². The average Bonchev–Trinajstić information content (AvgIpc) is 2.37. The van der Waals surface area contributed by atoms with Gasteiger partial charge in [0.25, 0.3) is 0 Å². The largest absolute Gasteiger partial charge is 0.507 e. The van der Waals surface area contributed by atoms with Gasteiger partial charge in [-0.05, 0) is 12.1 Å². The number of halogens is 1. The summed E-state index contributed by atoms with van der Waals surface area (Å²) >= 11 is 6.84. The highest BCUT2D eigenvalue weighted by Gasteiger charge is 2.30. The molecule has 2 rings (SSSR count). The quantitative estimate of drug-likeness (QED) is 0.887. The molecule has 0 unspecified atom stereocenters. The van der Waals surface area contributed by atoms with Crippen LogP contribution in [0.15, 0.2) is 23.1 Å². The number of benzene rings is 1. The highest BCUT2D eigenvalue weighted by molar-refractivity contribution is 8.04. The van der Waals surface area contributed by atoms with E-state index in [0.29, 0.717) is 0 Å². The first-order valence-electron chi connectivity index (χ1n) is 5.58. The first-order valence-corrected chi connectivity index (χ1v) is 6.95. The Bertz CT molecular complexity index is 650. The van der Waals surface area contributed by atoms with Crippen molar-refractivity contribution in [3.63, 3.8) is 0 Å². The lowest BCUT2D eigenvalue weighted by atomic mass is 9.94. The normalized spacial score (nSPS) is 13.9. The number of carbonyl (C=O) groups is 3. The second kappa shape index (κ2) is 5.68. The molecule has 0 fully saturated rings. The van der Waals surface area contributed by atoms with Gasteiger partial charge in [-0.3, -0.25) is 14.4 Å². The Hall–Kier alpha value is -1.79. The zero-order valence-corrected chi connectivity index (χ0v) is 11.6. The average molecular weight is 313 g/mol. The first-order chi connectivity index (χ1) is 9.41. The van der Waals surface area contributed by atoms with E-state index in [-0.39, 0.29) is 39.0 Å². The van der Waals surface area contributed by atoms with Crippen LogP contribution in [-0.4, -0.2) is 33.5 Å². The van der Waals surface area contributed by atoms with E-state index in [0.717, 1.165) is 17.8 Å². The Morgan fingerprint density at radius 1 is 1.25 bits per heavy atom. The molecule has 104 valence electrons. The summed E-state index contributed by atoms with van der Waals surface area (Å²) in [5, 5.41) is 18.4. The third-order valence-corrected chi connectivity index (χ3v) is 4.00. The number of phenols is 1. The van der Waals surface area contributed by atoms with Gasteiger partial charge in [-0.15, -0.1) is 11.8 Å². The maximum atomic E-state index is 12.2. The molecule has 0 saturated heterocycles. The SMILES string of the molecule is O=C(O)CCSC1=CC(=O)c2c(Cl)ccc(O)c2C1=O. The monoisotopic (exact) mass is 312 g/mol. The van der Waals surface area contributed by atoms with Crippen molar-refractivity contribution in [3.8, 4) is 5.75 Å². The molecular formula is C13H9ClO5S. The number of carboxylic acid groups (broad SMARTS) is 1. The molecule has 1 aliphatic carbocycles. The lowest BCUT2D eigenvalue weighted by Gasteiger charge is -2.16. The smallest absolute Gasteiger partial charge is 0.304 e. The van der Waals surface area contributed by atoms with Crippen LogP contribution in [0.3, 0.4) is 0 Å². The molecule has 0 aromatic heterocycles. The van der Waals surface area contributed by atoms with Crippen LogP contribution in [0.2, 0.25) is 5.02 Å². The number of fused-ring (bicyclic) bond motifs is 1. The molecule has 5 nitrogen and oxygen atoms in total. The van der Waals surface area contributed by atoms with Crippen molar-refractivity contribution >= 4 is 40.9 Å². The van der Waals surface area contributed by atoms with Gasteiger partial charge in [0.1, 0.15) is 5.75 Å². The molecule has 0 heterocycles. The van der Waals surface area contributed by atoms with Crippen LogP contribution in [0.25, 0.3) is 0 Å². The molecule has 7 heteroatoms. The number of ketones is 2. The molecule has 0 amide bonds. The summed E-state index contributed by atoms with van der Waals surface area (Å²) in [7, 11) is 0. The minimum atomic E-state index is -0.987. The van der Waals surface area contributed by atoms with E-state index < -0.39 is 17.5 Å². The third kappa shape index (κ3) is 2.71.